The monoisotopic (exact) mass is 226 g/mol. The maximum atomic E-state index is 12.8. The zero-order valence-corrected chi connectivity index (χ0v) is 8.67. The number of aliphatic imine (C=N–C) groups is 1. The Morgan fingerprint density at radius 2 is 2.00 bits per heavy atom. The predicted molar refractivity (Wildman–Crippen MR) is 56.3 cm³/mol. The van der Waals surface area contributed by atoms with Gasteiger partial charge in [-0.05, 0) is 24.1 Å². The SMILES string of the molecule is Fc1cc(F)cc(CCNC2=NCCO2)c1. The molecule has 5 heteroatoms. The first kappa shape index (κ1) is 10.9. The van der Waals surface area contributed by atoms with E-state index in [1.807, 2.05) is 0 Å². The van der Waals surface area contributed by atoms with Crippen LogP contribution in [0.15, 0.2) is 23.2 Å². The third kappa shape index (κ3) is 2.92. The maximum absolute atomic E-state index is 12.8. The van der Waals surface area contributed by atoms with Gasteiger partial charge in [0.15, 0.2) is 0 Å². The van der Waals surface area contributed by atoms with Crippen LogP contribution in [0.5, 0.6) is 0 Å². The summed E-state index contributed by atoms with van der Waals surface area (Å²) in [5.41, 5.74) is 0.614. The van der Waals surface area contributed by atoms with Gasteiger partial charge in [-0.15, -0.1) is 0 Å². The molecule has 0 bridgehead atoms. The third-order valence-corrected chi connectivity index (χ3v) is 2.20. The lowest BCUT2D eigenvalue weighted by Gasteiger charge is -2.05. The first-order valence-corrected chi connectivity index (χ1v) is 5.10. The average molecular weight is 226 g/mol. The normalized spacial score (nSPS) is 14.5. The van der Waals surface area contributed by atoms with Crippen LogP contribution in [-0.2, 0) is 11.2 Å². The Morgan fingerprint density at radius 3 is 2.62 bits per heavy atom. The summed E-state index contributed by atoms with van der Waals surface area (Å²) in [5.74, 6) is -1.10. The van der Waals surface area contributed by atoms with E-state index in [0.717, 1.165) is 6.07 Å². The van der Waals surface area contributed by atoms with Gasteiger partial charge in [0.05, 0.1) is 6.54 Å². The first-order valence-electron chi connectivity index (χ1n) is 5.10. The Kier molecular flexibility index (Phi) is 3.34. The molecule has 0 aromatic heterocycles. The molecular weight excluding hydrogens is 214 g/mol. The Labute approximate surface area is 92.1 Å². The molecular formula is C11H12F2N2O. The first-order chi connectivity index (χ1) is 7.74. The molecule has 0 atom stereocenters. The minimum absolute atomic E-state index is 0.511. The molecule has 0 aliphatic carbocycles. The maximum Gasteiger partial charge on any atom is 0.284 e. The second-order valence-electron chi connectivity index (χ2n) is 3.49. The molecule has 16 heavy (non-hydrogen) atoms. The van der Waals surface area contributed by atoms with Crippen molar-refractivity contribution < 1.29 is 13.5 Å². The van der Waals surface area contributed by atoms with Gasteiger partial charge in [-0.1, -0.05) is 0 Å². The number of benzene rings is 1. The summed E-state index contributed by atoms with van der Waals surface area (Å²) in [5, 5.41) is 2.95. The minimum Gasteiger partial charge on any atom is -0.463 e. The number of ether oxygens (including phenoxy) is 1. The fraction of sp³-hybridized carbons (Fsp3) is 0.364. The van der Waals surface area contributed by atoms with Crippen molar-refractivity contribution in [2.24, 2.45) is 4.99 Å². The van der Waals surface area contributed by atoms with Gasteiger partial charge in [-0.25, -0.2) is 13.8 Å². The van der Waals surface area contributed by atoms with Crippen LogP contribution in [0.25, 0.3) is 0 Å². The van der Waals surface area contributed by atoms with E-state index in [1.165, 1.54) is 12.1 Å². The molecule has 0 spiro atoms. The van der Waals surface area contributed by atoms with Crippen LogP contribution in [0, 0.1) is 11.6 Å². The van der Waals surface area contributed by atoms with Gasteiger partial charge in [0, 0.05) is 12.6 Å². The fourth-order valence-electron chi connectivity index (χ4n) is 1.51. The van der Waals surface area contributed by atoms with E-state index in [2.05, 4.69) is 10.3 Å². The Morgan fingerprint density at radius 1 is 1.25 bits per heavy atom. The van der Waals surface area contributed by atoms with E-state index in [-0.39, 0.29) is 0 Å². The number of hydrogen-bond acceptors (Lipinski definition) is 3. The number of amidine groups is 1. The zero-order valence-electron chi connectivity index (χ0n) is 8.67. The quantitative estimate of drug-likeness (QED) is 0.847. The molecule has 1 aromatic carbocycles. The molecule has 1 aromatic rings. The second kappa shape index (κ2) is 4.92. The lowest BCUT2D eigenvalue weighted by atomic mass is 10.1. The lowest BCUT2D eigenvalue weighted by Crippen LogP contribution is -2.25. The standard InChI is InChI=1S/C11H12F2N2O/c12-9-5-8(6-10(13)7-9)1-2-14-11-15-3-4-16-11/h5-7H,1-4H2,(H,14,15). The Bertz CT molecular complexity index is 387. The van der Waals surface area contributed by atoms with Crippen molar-refractivity contribution in [3.8, 4) is 0 Å². The molecule has 1 aliphatic heterocycles. The van der Waals surface area contributed by atoms with E-state index >= 15 is 0 Å². The molecule has 0 radical (unpaired) electrons. The van der Waals surface area contributed by atoms with Crippen molar-refractivity contribution in [3.63, 3.8) is 0 Å². The fourth-order valence-corrected chi connectivity index (χ4v) is 1.51. The molecule has 1 aliphatic rings. The van der Waals surface area contributed by atoms with Crippen LogP contribution in [-0.4, -0.2) is 25.7 Å². The molecule has 1 heterocycles. The van der Waals surface area contributed by atoms with Crippen molar-refractivity contribution in [3.05, 3.63) is 35.4 Å². The van der Waals surface area contributed by atoms with Gasteiger partial charge < -0.3 is 10.1 Å². The molecule has 86 valence electrons. The second-order valence-corrected chi connectivity index (χ2v) is 3.49. The molecule has 0 fully saturated rings. The minimum atomic E-state index is -0.551. The van der Waals surface area contributed by atoms with Crippen molar-refractivity contribution in [2.45, 2.75) is 6.42 Å². The van der Waals surface area contributed by atoms with Gasteiger partial charge >= 0.3 is 0 Å². The molecule has 0 saturated carbocycles. The number of nitrogens with one attached hydrogen (secondary N) is 1. The molecule has 0 amide bonds. The highest BCUT2D eigenvalue weighted by Gasteiger charge is 2.06. The van der Waals surface area contributed by atoms with E-state index < -0.39 is 11.6 Å². The van der Waals surface area contributed by atoms with E-state index in [4.69, 9.17) is 4.74 Å². The molecule has 2 rings (SSSR count). The Hall–Kier alpha value is -1.65. The number of halogens is 2. The van der Waals surface area contributed by atoms with Crippen molar-refractivity contribution >= 4 is 6.02 Å². The predicted octanol–water partition coefficient (Wildman–Crippen LogP) is 1.48. The van der Waals surface area contributed by atoms with Gasteiger partial charge in [0.1, 0.15) is 18.2 Å². The van der Waals surface area contributed by atoms with Crippen LogP contribution >= 0.6 is 0 Å². The summed E-state index contributed by atoms with van der Waals surface area (Å²) < 4.78 is 30.8. The van der Waals surface area contributed by atoms with Gasteiger partial charge in [0.2, 0.25) is 0 Å². The average Bonchev–Trinajstić information content (AvgIpc) is 2.69. The Balaban J connectivity index is 1.84. The summed E-state index contributed by atoms with van der Waals surface area (Å²) in [6.07, 6.45) is 0.525. The number of hydrogen-bond donors (Lipinski definition) is 1. The lowest BCUT2D eigenvalue weighted by molar-refractivity contribution is 0.332. The smallest absolute Gasteiger partial charge is 0.284 e. The van der Waals surface area contributed by atoms with Crippen LogP contribution < -0.4 is 5.32 Å². The van der Waals surface area contributed by atoms with Crippen LogP contribution in [0.3, 0.4) is 0 Å². The van der Waals surface area contributed by atoms with Crippen molar-refractivity contribution in [1.82, 2.24) is 5.32 Å². The van der Waals surface area contributed by atoms with Crippen molar-refractivity contribution in [1.29, 1.82) is 0 Å². The van der Waals surface area contributed by atoms with E-state index in [0.29, 0.717) is 37.7 Å². The number of nitrogens with zero attached hydrogens (tertiary/aromatic N) is 1. The summed E-state index contributed by atoms with van der Waals surface area (Å²) in [4.78, 5) is 4.04. The highest BCUT2D eigenvalue weighted by Crippen LogP contribution is 2.08. The molecule has 0 saturated heterocycles. The van der Waals surface area contributed by atoms with Gasteiger partial charge in [-0.3, -0.25) is 0 Å². The summed E-state index contributed by atoms with van der Waals surface area (Å²) in [6.45, 7) is 1.80. The zero-order chi connectivity index (χ0) is 11.4. The molecule has 1 N–H and O–H groups in total. The van der Waals surface area contributed by atoms with E-state index in [1.54, 1.807) is 0 Å². The largest absolute Gasteiger partial charge is 0.463 e. The van der Waals surface area contributed by atoms with Gasteiger partial charge in [-0.2, -0.15) is 0 Å². The topological polar surface area (TPSA) is 33.6 Å². The molecule has 3 nitrogen and oxygen atoms in total. The number of rotatable bonds is 3. The van der Waals surface area contributed by atoms with Gasteiger partial charge in [0.25, 0.3) is 6.02 Å². The molecule has 0 unspecified atom stereocenters. The van der Waals surface area contributed by atoms with Crippen LogP contribution in [0.2, 0.25) is 0 Å². The highest BCUT2D eigenvalue weighted by molar-refractivity contribution is 5.74. The van der Waals surface area contributed by atoms with Crippen LogP contribution in [0.1, 0.15) is 5.56 Å². The highest BCUT2D eigenvalue weighted by atomic mass is 19.1. The third-order valence-electron chi connectivity index (χ3n) is 2.20. The summed E-state index contributed by atoms with van der Waals surface area (Å²) >= 11 is 0. The van der Waals surface area contributed by atoms with Crippen molar-refractivity contribution in [2.75, 3.05) is 19.7 Å². The van der Waals surface area contributed by atoms with Crippen LogP contribution in [0.4, 0.5) is 8.78 Å². The van der Waals surface area contributed by atoms with E-state index in [9.17, 15) is 8.78 Å². The summed E-state index contributed by atoms with van der Waals surface area (Å²) in [7, 11) is 0. The summed E-state index contributed by atoms with van der Waals surface area (Å²) in [6, 6.07) is 4.02.